The molecule has 1 atom stereocenters. The van der Waals surface area contributed by atoms with Gasteiger partial charge in [-0.25, -0.2) is 0 Å². The summed E-state index contributed by atoms with van der Waals surface area (Å²) < 4.78 is 11.5. The number of phenols is 1. The van der Waals surface area contributed by atoms with Crippen molar-refractivity contribution in [1.29, 1.82) is 0 Å². The minimum absolute atomic E-state index is 0.0272. The highest BCUT2D eigenvalue weighted by atomic mass is 79.9. The molecule has 1 aromatic carbocycles. The molecule has 0 radical (unpaired) electrons. The lowest BCUT2D eigenvalue weighted by Gasteiger charge is -2.25. The lowest BCUT2D eigenvalue weighted by Crippen LogP contribution is -2.33. The molecule has 88 valence electrons. The zero-order chi connectivity index (χ0) is 11.5. The van der Waals surface area contributed by atoms with Crippen LogP contribution in [-0.2, 0) is 4.74 Å². The van der Waals surface area contributed by atoms with E-state index in [2.05, 4.69) is 21.2 Å². The topological polar surface area (TPSA) is 50.7 Å². The number of nitrogens with one attached hydrogen (secondary N) is 1. The van der Waals surface area contributed by atoms with Gasteiger partial charge in [-0.05, 0) is 28.1 Å². The fraction of sp³-hybridized carbons (Fsp3) is 0.455. The van der Waals surface area contributed by atoms with Crippen molar-refractivity contribution in [2.24, 2.45) is 0 Å². The smallest absolute Gasteiger partial charge is 0.142 e. The van der Waals surface area contributed by atoms with Crippen LogP contribution in [0.5, 0.6) is 11.5 Å². The molecule has 2 rings (SSSR count). The van der Waals surface area contributed by atoms with E-state index in [1.54, 1.807) is 13.2 Å². The number of ether oxygens (including phenoxy) is 2. The number of benzene rings is 1. The van der Waals surface area contributed by atoms with Crippen LogP contribution in [0.3, 0.4) is 0 Å². The van der Waals surface area contributed by atoms with Crippen LogP contribution in [0.4, 0.5) is 0 Å². The molecule has 1 aliphatic heterocycles. The van der Waals surface area contributed by atoms with E-state index in [4.69, 9.17) is 9.47 Å². The molecule has 1 aliphatic rings. The molecule has 0 spiro atoms. The average Bonchev–Trinajstić information content (AvgIpc) is 2.33. The molecule has 1 fully saturated rings. The van der Waals surface area contributed by atoms with Crippen molar-refractivity contribution < 1.29 is 14.6 Å². The molecule has 1 saturated heterocycles. The maximum Gasteiger partial charge on any atom is 0.142 e. The molecule has 0 bridgehead atoms. The standard InChI is InChI=1S/C11H14BrNO3/c1-15-11-7(2-3-8(14)10(11)12)9-6-13-4-5-16-9/h2-3,9,13-14H,4-6H2,1H3. The Balaban J connectivity index is 2.35. The van der Waals surface area contributed by atoms with Gasteiger partial charge >= 0.3 is 0 Å². The predicted octanol–water partition coefficient (Wildman–Crippen LogP) is 1.82. The van der Waals surface area contributed by atoms with Crippen molar-refractivity contribution in [2.75, 3.05) is 26.8 Å². The quantitative estimate of drug-likeness (QED) is 0.871. The minimum Gasteiger partial charge on any atom is -0.507 e. The number of morpholine rings is 1. The summed E-state index contributed by atoms with van der Waals surface area (Å²) in [6.07, 6.45) is -0.0272. The van der Waals surface area contributed by atoms with Gasteiger partial charge in [-0.15, -0.1) is 0 Å². The molecular formula is C11H14BrNO3. The number of hydrogen-bond acceptors (Lipinski definition) is 4. The van der Waals surface area contributed by atoms with Crippen LogP contribution in [0.2, 0.25) is 0 Å². The van der Waals surface area contributed by atoms with Crippen molar-refractivity contribution in [3.05, 3.63) is 22.2 Å². The van der Waals surface area contributed by atoms with Gasteiger partial charge in [-0.2, -0.15) is 0 Å². The van der Waals surface area contributed by atoms with E-state index in [1.165, 1.54) is 0 Å². The number of hydrogen-bond donors (Lipinski definition) is 2. The third-order valence-electron chi connectivity index (χ3n) is 2.59. The summed E-state index contributed by atoms with van der Waals surface area (Å²) in [5, 5.41) is 12.8. The Morgan fingerprint density at radius 3 is 3.00 bits per heavy atom. The SMILES string of the molecule is COc1c(C2CNCCO2)ccc(O)c1Br. The molecule has 0 saturated carbocycles. The normalized spacial score (nSPS) is 20.8. The van der Waals surface area contributed by atoms with Crippen molar-refractivity contribution in [2.45, 2.75) is 6.10 Å². The van der Waals surface area contributed by atoms with E-state index in [1.807, 2.05) is 6.07 Å². The first-order valence-electron chi connectivity index (χ1n) is 5.11. The Hall–Kier alpha value is -0.780. The summed E-state index contributed by atoms with van der Waals surface area (Å²) in [5.41, 5.74) is 0.944. The summed E-state index contributed by atoms with van der Waals surface area (Å²) in [7, 11) is 1.58. The summed E-state index contributed by atoms with van der Waals surface area (Å²) in [4.78, 5) is 0. The van der Waals surface area contributed by atoms with Crippen molar-refractivity contribution >= 4 is 15.9 Å². The minimum atomic E-state index is -0.0272. The Kier molecular flexibility index (Phi) is 3.68. The van der Waals surface area contributed by atoms with E-state index < -0.39 is 0 Å². The monoisotopic (exact) mass is 287 g/mol. The fourth-order valence-corrected chi connectivity index (χ4v) is 2.31. The van der Waals surface area contributed by atoms with Crippen molar-refractivity contribution in [3.63, 3.8) is 0 Å². The number of rotatable bonds is 2. The molecule has 0 amide bonds. The lowest BCUT2D eigenvalue weighted by molar-refractivity contribution is 0.0262. The van der Waals surface area contributed by atoms with E-state index >= 15 is 0 Å². The molecule has 0 aromatic heterocycles. The molecule has 1 aromatic rings. The summed E-state index contributed by atoms with van der Waals surface area (Å²) in [6, 6.07) is 3.47. The highest BCUT2D eigenvalue weighted by Gasteiger charge is 2.22. The zero-order valence-corrected chi connectivity index (χ0v) is 10.6. The van der Waals surface area contributed by atoms with Crippen LogP contribution < -0.4 is 10.1 Å². The van der Waals surface area contributed by atoms with E-state index in [9.17, 15) is 5.11 Å². The van der Waals surface area contributed by atoms with Crippen LogP contribution in [0.1, 0.15) is 11.7 Å². The van der Waals surface area contributed by atoms with E-state index in [0.29, 0.717) is 16.8 Å². The Labute approximate surface area is 103 Å². The molecule has 0 aliphatic carbocycles. The van der Waals surface area contributed by atoms with Gasteiger partial charge in [0.2, 0.25) is 0 Å². The Morgan fingerprint density at radius 2 is 2.38 bits per heavy atom. The first-order valence-corrected chi connectivity index (χ1v) is 5.91. The van der Waals surface area contributed by atoms with Gasteiger partial charge in [0.1, 0.15) is 16.0 Å². The van der Waals surface area contributed by atoms with Crippen LogP contribution >= 0.6 is 15.9 Å². The first kappa shape index (κ1) is 11.7. The molecule has 4 nitrogen and oxygen atoms in total. The summed E-state index contributed by atoms with van der Waals surface area (Å²) in [6.45, 7) is 2.32. The predicted molar refractivity (Wildman–Crippen MR) is 63.9 cm³/mol. The van der Waals surface area contributed by atoms with Crippen LogP contribution in [0, 0.1) is 0 Å². The van der Waals surface area contributed by atoms with Crippen LogP contribution in [-0.4, -0.2) is 31.9 Å². The van der Waals surface area contributed by atoms with Crippen LogP contribution in [0.15, 0.2) is 16.6 Å². The maximum atomic E-state index is 9.57. The second kappa shape index (κ2) is 5.03. The molecule has 16 heavy (non-hydrogen) atoms. The average molecular weight is 288 g/mol. The third kappa shape index (κ3) is 2.16. The fourth-order valence-electron chi connectivity index (χ4n) is 1.79. The Morgan fingerprint density at radius 1 is 1.56 bits per heavy atom. The van der Waals surface area contributed by atoms with E-state index in [0.717, 1.165) is 18.7 Å². The number of aromatic hydroxyl groups is 1. The highest BCUT2D eigenvalue weighted by Crippen LogP contribution is 2.40. The van der Waals surface area contributed by atoms with Gasteiger partial charge in [0.15, 0.2) is 0 Å². The third-order valence-corrected chi connectivity index (χ3v) is 3.35. The second-order valence-electron chi connectivity index (χ2n) is 3.58. The molecule has 1 unspecified atom stereocenters. The lowest BCUT2D eigenvalue weighted by atomic mass is 10.1. The second-order valence-corrected chi connectivity index (χ2v) is 4.38. The number of phenolic OH excluding ortho intramolecular Hbond substituents is 1. The van der Waals surface area contributed by atoms with Gasteiger partial charge in [-0.3, -0.25) is 0 Å². The molecule has 5 heteroatoms. The van der Waals surface area contributed by atoms with Gasteiger partial charge in [-0.1, -0.05) is 0 Å². The molecule has 1 heterocycles. The van der Waals surface area contributed by atoms with Gasteiger partial charge < -0.3 is 19.9 Å². The van der Waals surface area contributed by atoms with E-state index in [-0.39, 0.29) is 11.9 Å². The molecule has 2 N–H and O–H groups in total. The first-order chi connectivity index (χ1) is 7.74. The number of halogens is 1. The maximum absolute atomic E-state index is 9.57. The van der Waals surface area contributed by atoms with Gasteiger partial charge in [0, 0.05) is 18.7 Å². The van der Waals surface area contributed by atoms with Gasteiger partial charge in [0.25, 0.3) is 0 Å². The van der Waals surface area contributed by atoms with Crippen LogP contribution in [0.25, 0.3) is 0 Å². The Bertz CT molecular complexity index is 378. The molecular weight excluding hydrogens is 274 g/mol. The van der Waals surface area contributed by atoms with Crippen molar-refractivity contribution in [3.8, 4) is 11.5 Å². The largest absolute Gasteiger partial charge is 0.507 e. The number of methoxy groups -OCH3 is 1. The summed E-state index contributed by atoms with van der Waals surface area (Å²) in [5.74, 6) is 0.804. The summed E-state index contributed by atoms with van der Waals surface area (Å²) >= 11 is 3.31. The zero-order valence-electron chi connectivity index (χ0n) is 9.00. The van der Waals surface area contributed by atoms with Crippen molar-refractivity contribution in [1.82, 2.24) is 5.32 Å². The highest BCUT2D eigenvalue weighted by molar-refractivity contribution is 9.10. The van der Waals surface area contributed by atoms with Gasteiger partial charge in [0.05, 0.1) is 19.8 Å².